The number of carboxylic acid groups (broad SMARTS) is 1. The second-order valence-electron chi connectivity index (χ2n) is 2.76. The molecule has 5 nitrogen and oxygen atoms in total. The van der Waals surface area contributed by atoms with E-state index in [4.69, 9.17) is 15.3 Å². The number of hydrogen-bond acceptors (Lipinski definition) is 5. The molecule has 0 aromatic carbocycles. The molecule has 1 aliphatic carbocycles. The number of hydrogen-bond donors (Lipinski definition) is 3. The summed E-state index contributed by atoms with van der Waals surface area (Å²) in [6, 6.07) is 0. The van der Waals surface area contributed by atoms with Gasteiger partial charge in [0, 0.05) is 11.9 Å². The molecule has 6 heteroatoms. The summed E-state index contributed by atoms with van der Waals surface area (Å²) in [4.78, 5) is 10.3. The number of aliphatic hydroxyl groups is 3. The molecule has 0 saturated carbocycles. The smallest absolute Gasteiger partial charge is 0.550 e. The summed E-state index contributed by atoms with van der Waals surface area (Å²) in [7, 11) is 0. The van der Waals surface area contributed by atoms with Gasteiger partial charge in [0.05, 0.1) is 6.10 Å². The minimum Gasteiger partial charge on any atom is -0.550 e. The fourth-order valence-corrected chi connectivity index (χ4v) is 1.12. The Morgan fingerprint density at radius 2 is 2.08 bits per heavy atom. The van der Waals surface area contributed by atoms with Crippen LogP contribution in [0.15, 0.2) is 11.8 Å². The van der Waals surface area contributed by atoms with E-state index in [2.05, 4.69) is 0 Å². The van der Waals surface area contributed by atoms with Gasteiger partial charge in [0.2, 0.25) is 0 Å². The molecule has 3 N–H and O–H groups in total. The van der Waals surface area contributed by atoms with Crippen molar-refractivity contribution in [3.05, 3.63) is 11.8 Å². The first-order valence-corrected chi connectivity index (χ1v) is 3.50. The van der Waals surface area contributed by atoms with Crippen molar-refractivity contribution < 1.29 is 94.1 Å². The van der Waals surface area contributed by atoms with Crippen LogP contribution in [-0.2, 0) is 4.79 Å². The molecule has 13 heavy (non-hydrogen) atoms. The molecule has 0 fully saturated rings. The summed E-state index contributed by atoms with van der Waals surface area (Å²) >= 11 is 0. The van der Waals surface area contributed by atoms with Crippen LogP contribution in [-0.4, -0.2) is 33.5 Å². The van der Waals surface area contributed by atoms with Gasteiger partial charge in [-0.1, -0.05) is 0 Å². The third-order valence-corrected chi connectivity index (χ3v) is 1.84. The van der Waals surface area contributed by atoms with Crippen LogP contribution in [0.1, 0.15) is 6.42 Å². The molecule has 1 rings (SSSR count). The fraction of sp³-hybridized carbons (Fsp3) is 0.571. The largest absolute Gasteiger partial charge is 1.00 e. The van der Waals surface area contributed by atoms with Gasteiger partial charge in [-0.3, -0.25) is 0 Å². The van der Waals surface area contributed by atoms with Gasteiger partial charge >= 0.3 is 68.9 Å². The minimum atomic E-state index is -1.37. The maximum Gasteiger partial charge on any atom is 1.00 e. The van der Waals surface area contributed by atoms with Crippen molar-refractivity contribution in [3.8, 4) is 0 Å². The van der Waals surface area contributed by atoms with E-state index in [-0.39, 0.29) is 75.3 Å². The van der Waals surface area contributed by atoms with Crippen molar-refractivity contribution in [2.45, 2.75) is 18.6 Å². The third kappa shape index (κ3) is 3.56. The monoisotopic (exact) mass is 306 g/mol. The SMILES string of the molecule is O=C([O-])C1C=C(O)C(O)C(O)C1.[Cs+]. The Morgan fingerprint density at radius 3 is 2.46 bits per heavy atom. The minimum absolute atomic E-state index is 0. The Balaban J connectivity index is 0.00000144. The van der Waals surface area contributed by atoms with Gasteiger partial charge in [0.25, 0.3) is 0 Å². The number of aliphatic hydroxyl groups excluding tert-OH is 3. The molecule has 0 saturated heterocycles. The maximum atomic E-state index is 10.3. The van der Waals surface area contributed by atoms with Crippen LogP contribution >= 0.6 is 0 Å². The molecule has 3 atom stereocenters. The molecular weight excluding hydrogens is 297 g/mol. The first-order valence-electron chi connectivity index (χ1n) is 3.50. The molecule has 0 bridgehead atoms. The van der Waals surface area contributed by atoms with Gasteiger partial charge in [0.15, 0.2) is 0 Å². The second-order valence-corrected chi connectivity index (χ2v) is 2.76. The van der Waals surface area contributed by atoms with Crippen LogP contribution in [0.4, 0.5) is 0 Å². The Bertz CT molecular complexity index is 227. The zero-order chi connectivity index (χ0) is 9.30. The van der Waals surface area contributed by atoms with Crippen LogP contribution in [0, 0.1) is 5.92 Å². The topological polar surface area (TPSA) is 101 Å². The average molecular weight is 306 g/mol. The van der Waals surface area contributed by atoms with E-state index in [9.17, 15) is 9.90 Å². The Hall–Kier alpha value is 0.982. The van der Waals surface area contributed by atoms with Crippen LogP contribution in [0.5, 0.6) is 0 Å². The van der Waals surface area contributed by atoms with Gasteiger partial charge in [-0.2, -0.15) is 0 Å². The summed E-state index contributed by atoms with van der Waals surface area (Å²) in [5.74, 6) is -2.90. The van der Waals surface area contributed by atoms with Gasteiger partial charge < -0.3 is 25.2 Å². The summed E-state index contributed by atoms with van der Waals surface area (Å²) in [6.07, 6.45) is -1.77. The molecule has 1 aliphatic rings. The quantitative estimate of drug-likeness (QED) is 0.450. The van der Waals surface area contributed by atoms with Gasteiger partial charge in [0.1, 0.15) is 11.9 Å². The summed E-state index contributed by atoms with van der Waals surface area (Å²) in [5, 5.41) is 37.2. The van der Waals surface area contributed by atoms with Crippen molar-refractivity contribution in [2.75, 3.05) is 0 Å². The van der Waals surface area contributed by atoms with Crippen molar-refractivity contribution in [1.29, 1.82) is 0 Å². The second kappa shape index (κ2) is 5.76. The van der Waals surface area contributed by atoms with Gasteiger partial charge in [-0.15, -0.1) is 0 Å². The van der Waals surface area contributed by atoms with E-state index in [1.165, 1.54) is 0 Å². The van der Waals surface area contributed by atoms with Gasteiger partial charge in [-0.25, -0.2) is 0 Å². The molecular formula is C7H9CsO5. The molecule has 0 aromatic heterocycles. The Labute approximate surface area is 134 Å². The summed E-state index contributed by atoms with van der Waals surface area (Å²) < 4.78 is 0. The zero-order valence-corrected chi connectivity index (χ0v) is 13.5. The Morgan fingerprint density at radius 1 is 1.54 bits per heavy atom. The van der Waals surface area contributed by atoms with E-state index in [0.717, 1.165) is 6.08 Å². The average Bonchev–Trinajstić information content (AvgIpc) is 1.99. The molecule has 3 unspecified atom stereocenters. The number of aliphatic carboxylic acids is 1. The van der Waals surface area contributed by atoms with Crippen LogP contribution in [0.3, 0.4) is 0 Å². The van der Waals surface area contributed by atoms with Gasteiger partial charge in [-0.05, 0) is 12.5 Å². The first-order chi connectivity index (χ1) is 5.52. The van der Waals surface area contributed by atoms with Crippen LogP contribution < -0.4 is 74.0 Å². The standard InChI is InChI=1S/C7H10O5.Cs/c8-4-1-3(7(11)12)2-5(9)6(4)10;/h1,3,5-6,8-10H,2H2,(H,11,12);/q;+1/p-1. The molecule has 0 aliphatic heterocycles. The number of carbonyl (C=O) groups is 1. The molecule has 0 heterocycles. The van der Waals surface area contributed by atoms with Crippen molar-refractivity contribution in [1.82, 2.24) is 0 Å². The van der Waals surface area contributed by atoms with E-state index in [1.807, 2.05) is 0 Å². The Kier molecular flexibility index (Phi) is 6.20. The van der Waals surface area contributed by atoms with E-state index in [0.29, 0.717) is 0 Å². The molecule has 0 amide bonds. The zero-order valence-electron chi connectivity index (χ0n) is 7.17. The summed E-state index contributed by atoms with van der Waals surface area (Å²) in [5.41, 5.74) is 0. The van der Waals surface area contributed by atoms with Crippen LogP contribution in [0.25, 0.3) is 0 Å². The number of rotatable bonds is 1. The van der Waals surface area contributed by atoms with Crippen molar-refractivity contribution in [2.24, 2.45) is 5.92 Å². The van der Waals surface area contributed by atoms with Crippen molar-refractivity contribution in [3.63, 3.8) is 0 Å². The van der Waals surface area contributed by atoms with E-state index in [1.54, 1.807) is 0 Å². The molecule has 0 radical (unpaired) electrons. The molecule has 68 valence electrons. The van der Waals surface area contributed by atoms with E-state index < -0.39 is 29.9 Å². The van der Waals surface area contributed by atoms with E-state index >= 15 is 0 Å². The fourth-order valence-electron chi connectivity index (χ4n) is 1.12. The number of carboxylic acids is 1. The maximum absolute atomic E-state index is 10.3. The van der Waals surface area contributed by atoms with Crippen molar-refractivity contribution >= 4 is 5.97 Å². The predicted molar refractivity (Wildman–Crippen MR) is 35.8 cm³/mol. The number of carbonyl (C=O) groups excluding carboxylic acids is 1. The molecule has 0 spiro atoms. The normalized spacial score (nSPS) is 33.1. The molecule has 0 aromatic rings. The third-order valence-electron chi connectivity index (χ3n) is 1.84. The summed E-state index contributed by atoms with van der Waals surface area (Å²) in [6.45, 7) is 0. The van der Waals surface area contributed by atoms with Crippen LogP contribution in [0.2, 0.25) is 0 Å². The first kappa shape index (κ1) is 14.0. The predicted octanol–water partition coefficient (Wildman–Crippen LogP) is -5.08.